The Kier molecular flexibility index (Phi) is 6.04. The molecule has 2 unspecified atom stereocenters. The Morgan fingerprint density at radius 3 is 2.76 bits per heavy atom. The first-order chi connectivity index (χ1) is 8.10. The molecule has 0 fully saturated rings. The van der Waals surface area contributed by atoms with Gasteiger partial charge < -0.3 is 15.2 Å². The molecule has 2 atom stereocenters. The van der Waals surface area contributed by atoms with Crippen molar-refractivity contribution in [2.75, 3.05) is 13.2 Å². The minimum Gasteiger partial charge on any atom is -0.465 e. The summed E-state index contributed by atoms with van der Waals surface area (Å²) >= 11 is 4.65. The van der Waals surface area contributed by atoms with E-state index in [1.165, 1.54) is 11.3 Å². The number of hydrogen-bond donors (Lipinski definition) is 1. The number of esters is 1. The van der Waals surface area contributed by atoms with E-state index in [4.69, 9.17) is 15.2 Å². The topological polar surface area (TPSA) is 74.4 Å². The fourth-order valence-corrected chi connectivity index (χ4v) is 2.63. The largest absolute Gasteiger partial charge is 0.465 e. The molecule has 1 heterocycles. The molecule has 0 aliphatic heterocycles. The van der Waals surface area contributed by atoms with E-state index in [0.717, 1.165) is 0 Å². The van der Waals surface area contributed by atoms with Crippen molar-refractivity contribution in [3.05, 3.63) is 15.0 Å². The first-order valence-electron chi connectivity index (χ1n) is 5.24. The van der Waals surface area contributed by atoms with Crippen LogP contribution in [0.1, 0.15) is 25.0 Å². The lowest BCUT2D eigenvalue weighted by molar-refractivity contribution is -0.148. The zero-order chi connectivity index (χ0) is 12.8. The molecule has 17 heavy (non-hydrogen) atoms. The smallest absolute Gasteiger partial charge is 0.326 e. The number of ether oxygens (including phenoxy) is 2. The summed E-state index contributed by atoms with van der Waals surface area (Å²) in [6.07, 6.45) is -0.560. The fraction of sp³-hybridized carbons (Fsp3) is 0.600. The highest BCUT2D eigenvalue weighted by molar-refractivity contribution is 9.10. The van der Waals surface area contributed by atoms with E-state index in [9.17, 15) is 4.79 Å². The summed E-state index contributed by atoms with van der Waals surface area (Å²) in [5, 5.41) is 2.48. The van der Waals surface area contributed by atoms with Crippen molar-refractivity contribution in [1.82, 2.24) is 4.98 Å². The molecule has 0 aliphatic carbocycles. The van der Waals surface area contributed by atoms with Gasteiger partial charge in [0.25, 0.3) is 0 Å². The van der Waals surface area contributed by atoms with Gasteiger partial charge in [0.1, 0.15) is 21.8 Å². The van der Waals surface area contributed by atoms with Gasteiger partial charge in [-0.25, -0.2) is 4.98 Å². The molecule has 1 rings (SSSR count). The Balaban J connectivity index is 2.81. The van der Waals surface area contributed by atoms with Crippen LogP contribution in [0.5, 0.6) is 0 Å². The lowest BCUT2D eigenvalue weighted by Gasteiger charge is -2.20. The molecule has 0 saturated carbocycles. The number of carbonyl (C=O) groups is 1. The molecule has 0 amide bonds. The Labute approximate surface area is 112 Å². The maximum Gasteiger partial charge on any atom is 0.326 e. The average molecular weight is 323 g/mol. The van der Waals surface area contributed by atoms with Crippen LogP contribution in [0.15, 0.2) is 9.98 Å². The SMILES string of the molecule is CCOC(=O)C(N)C(OCC)c1nc(Br)cs1. The zero-order valence-electron chi connectivity index (χ0n) is 9.68. The van der Waals surface area contributed by atoms with Gasteiger partial charge in [-0.2, -0.15) is 0 Å². The number of nitrogens with zero attached hydrogens (tertiary/aromatic N) is 1. The van der Waals surface area contributed by atoms with E-state index < -0.39 is 18.1 Å². The summed E-state index contributed by atoms with van der Waals surface area (Å²) in [6, 6.07) is -0.854. The molecule has 0 radical (unpaired) electrons. The van der Waals surface area contributed by atoms with E-state index >= 15 is 0 Å². The molecule has 2 N–H and O–H groups in total. The highest BCUT2D eigenvalue weighted by atomic mass is 79.9. The lowest BCUT2D eigenvalue weighted by atomic mass is 10.2. The van der Waals surface area contributed by atoms with Crippen LogP contribution < -0.4 is 5.73 Å². The third kappa shape index (κ3) is 4.02. The molecule has 0 spiro atoms. The van der Waals surface area contributed by atoms with Gasteiger partial charge in [0.2, 0.25) is 0 Å². The lowest BCUT2D eigenvalue weighted by Crippen LogP contribution is -2.39. The minimum atomic E-state index is -0.854. The molecule has 1 aromatic rings. The summed E-state index contributed by atoms with van der Waals surface area (Å²) in [7, 11) is 0. The van der Waals surface area contributed by atoms with Gasteiger partial charge in [-0.3, -0.25) is 4.79 Å². The number of nitrogens with two attached hydrogens (primary N) is 1. The van der Waals surface area contributed by atoms with E-state index in [1.807, 2.05) is 12.3 Å². The molecule has 1 aromatic heterocycles. The highest BCUT2D eigenvalue weighted by Crippen LogP contribution is 2.26. The van der Waals surface area contributed by atoms with Gasteiger partial charge in [0.15, 0.2) is 0 Å². The number of carbonyl (C=O) groups excluding carboxylic acids is 1. The van der Waals surface area contributed by atoms with Crippen molar-refractivity contribution in [3.63, 3.8) is 0 Å². The highest BCUT2D eigenvalue weighted by Gasteiger charge is 2.30. The van der Waals surface area contributed by atoms with Crippen LogP contribution in [0.2, 0.25) is 0 Å². The Morgan fingerprint density at radius 2 is 2.29 bits per heavy atom. The predicted molar refractivity (Wildman–Crippen MR) is 68.8 cm³/mol. The van der Waals surface area contributed by atoms with Crippen LogP contribution in [0.25, 0.3) is 0 Å². The molecule has 96 valence electrons. The van der Waals surface area contributed by atoms with Crippen LogP contribution in [-0.2, 0) is 14.3 Å². The standard InChI is InChI=1S/C10H15BrN2O3S/c1-3-15-8(7(12)10(14)16-4-2)9-13-6(11)5-17-9/h5,7-8H,3-4,12H2,1-2H3. The second-order valence-electron chi connectivity index (χ2n) is 3.16. The van der Waals surface area contributed by atoms with Crippen LogP contribution in [0, 0.1) is 0 Å². The summed E-state index contributed by atoms with van der Waals surface area (Å²) in [4.78, 5) is 15.8. The van der Waals surface area contributed by atoms with Crippen LogP contribution in [-0.4, -0.2) is 30.2 Å². The fourth-order valence-electron chi connectivity index (χ4n) is 1.27. The van der Waals surface area contributed by atoms with Gasteiger partial charge in [-0.05, 0) is 29.8 Å². The monoisotopic (exact) mass is 322 g/mol. The van der Waals surface area contributed by atoms with E-state index in [-0.39, 0.29) is 0 Å². The van der Waals surface area contributed by atoms with E-state index in [0.29, 0.717) is 22.8 Å². The average Bonchev–Trinajstić information content (AvgIpc) is 2.72. The van der Waals surface area contributed by atoms with Gasteiger partial charge in [-0.15, -0.1) is 11.3 Å². The molecular formula is C10H15BrN2O3S. The van der Waals surface area contributed by atoms with Crippen molar-refractivity contribution < 1.29 is 14.3 Å². The summed E-state index contributed by atoms with van der Waals surface area (Å²) in [5.41, 5.74) is 5.83. The third-order valence-corrected chi connectivity index (χ3v) is 3.58. The summed E-state index contributed by atoms with van der Waals surface area (Å²) in [5.74, 6) is -0.475. The van der Waals surface area contributed by atoms with Crippen LogP contribution in [0.3, 0.4) is 0 Å². The van der Waals surface area contributed by atoms with Crippen molar-refractivity contribution in [3.8, 4) is 0 Å². The quantitative estimate of drug-likeness (QED) is 0.809. The normalized spacial score (nSPS) is 14.4. The number of halogens is 1. The van der Waals surface area contributed by atoms with Gasteiger partial charge >= 0.3 is 5.97 Å². The number of hydrogen-bond acceptors (Lipinski definition) is 6. The number of rotatable bonds is 6. The molecule has 0 bridgehead atoms. The van der Waals surface area contributed by atoms with E-state index in [1.54, 1.807) is 6.92 Å². The van der Waals surface area contributed by atoms with Crippen LogP contribution >= 0.6 is 27.3 Å². The van der Waals surface area contributed by atoms with Crippen LogP contribution in [0.4, 0.5) is 0 Å². The molecule has 0 aromatic carbocycles. The van der Waals surface area contributed by atoms with Crippen molar-refractivity contribution in [2.45, 2.75) is 26.0 Å². The predicted octanol–water partition coefficient (Wildman–Crippen LogP) is 1.87. The molecular weight excluding hydrogens is 308 g/mol. The second kappa shape index (κ2) is 7.05. The maximum atomic E-state index is 11.6. The van der Waals surface area contributed by atoms with Gasteiger partial charge in [0.05, 0.1) is 6.61 Å². The van der Waals surface area contributed by atoms with Gasteiger partial charge in [-0.1, -0.05) is 0 Å². The summed E-state index contributed by atoms with van der Waals surface area (Å²) in [6.45, 7) is 4.33. The molecule has 0 aliphatic rings. The number of thiazole rings is 1. The van der Waals surface area contributed by atoms with Crippen molar-refractivity contribution >= 4 is 33.2 Å². The van der Waals surface area contributed by atoms with Crippen molar-refractivity contribution in [2.24, 2.45) is 5.73 Å². The molecule has 5 nitrogen and oxygen atoms in total. The Hall–Kier alpha value is -0.500. The first-order valence-corrected chi connectivity index (χ1v) is 6.92. The maximum absolute atomic E-state index is 11.6. The molecule has 0 saturated heterocycles. The molecule has 7 heteroatoms. The minimum absolute atomic E-state index is 0.299. The summed E-state index contributed by atoms with van der Waals surface area (Å²) < 4.78 is 11.1. The second-order valence-corrected chi connectivity index (χ2v) is 4.86. The Bertz CT molecular complexity index is 372. The van der Waals surface area contributed by atoms with Gasteiger partial charge in [0, 0.05) is 12.0 Å². The number of aromatic nitrogens is 1. The third-order valence-electron chi connectivity index (χ3n) is 1.97. The van der Waals surface area contributed by atoms with E-state index in [2.05, 4.69) is 20.9 Å². The van der Waals surface area contributed by atoms with Crippen molar-refractivity contribution in [1.29, 1.82) is 0 Å². The zero-order valence-corrected chi connectivity index (χ0v) is 12.1. The Morgan fingerprint density at radius 1 is 1.59 bits per heavy atom. The first kappa shape index (κ1) is 14.6.